The van der Waals surface area contributed by atoms with Crippen molar-refractivity contribution in [1.82, 2.24) is 0 Å². The third-order valence-corrected chi connectivity index (χ3v) is 3.54. The van der Waals surface area contributed by atoms with Crippen molar-refractivity contribution in [2.45, 2.75) is 19.0 Å². The fourth-order valence-electron chi connectivity index (χ4n) is 2.20. The Morgan fingerprint density at radius 3 is 2.39 bits per heavy atom. The summed E-state index contributed by atoms with van der Waals surface area (Å²) >= 11 is 0. The summed E-state index contributed by atoms with van der Waals surface area (Å²) in [6, 6.07) is 9.97. The SMILES string of the molecule is NC(=O)c1cccc(OCC(F)CCN(F)c2ccc(OC(F)(F)F)cc2)c1. The average molecular weight is 404 g/mol. The number of nitrogens with two attached hydrogens (primary N) is 1. The standard InChI is InChI=1S/C18H17F5N2O3/c19-13(11-27-16-3-1-2-12(10-16)17(24)26)8-9-25(23)14-4-6-15(7-5-14)28-18(20,21)22/h1-7,10,13H,8-9,11H2,(H2,24,26). The Labute approximate surface area is 157 Å². The Kier molecular flexibility index (Phi) is 7.02. The Hall–Kier alpha value is -3.04. The van der Waals surface area contributed by atoms with Crippen molar-refractivity contribution < 1.29 is 36.3 Å². The number of carbonyl (C=O) groups is 1. The van der Waals surface area contributed by atoms with E-state index in [9.17, 15) is 26.8 Å². The molecule has 0 fully saturated rings. The fraction of sp³-hybridized carbons (Fsp3) is 0.278. The van der Waals surface area contributed by atoms with Crippen LogP contribution in [0.5, 0.6) is 11.5 Å². The van der Waals surface area contributed by atoms with E-state index in [4.69, 9.17) is 10.5 Å². The van der Waals surface area contributed by atoms with Crippen LogP contribution in [-0.4, -0.2) is 31.6 Å². The van der Waals surface area contributed by atoms with Crippen LogP contribution in [0.1, 0.15) is 16.8 Å². The first-order valence-corrected chi connectivity index (χ1v) is 8.10. The van der Waals surface area contributed by atoms with E-state index in [-0.39, 0.29) is 41.7 Å². The van der Waals surface area contributed by atoms with Crippen LogP contribution in [0.2, 0.25) is 0 Å². The highest BCUT2D eigenvalue weighted by Crippen LogP contribution is 2.25. The van der Waals surface area contributed by atoms with Gasteiger partial charge >= 0.3 is 6.36 Å². The number of halogens is 5. The van der Waals surface area contributed by atoms with Gasteiger partial charge in [-0.1, -0.05) is 10.5 Å². The van der Waals surface area contributed by atoms with Gasteiger partial charge in [0.1, 0.15) is 24.3 Å². The highest BCUT2D eigenvalue weighted by Gasteiger charge is 2.31. The number of primary amides is 1. The first kappa shape index (κ1) is 21.3. The van der Waals surface area contributed by atoms with Gasteiger partial charge in [-0.3, -0.25) is 4.79 Å². The molecule has 152 valence electrons. The molecule has 2 aromatic carbocycles. The molecule has 0 heterocycles. The maximum absolute atomic E-state index is 14.0. The lowest BCUT2D eigenvalue weighted by Gasteiger charge is -2.17. The minimum Gasteiger partial charge on any atom is -0.491 e. The molecule has 0 aliphatic rings. The number of hydrogen-bond acceptors (Lipinski definition) is 4. The summed E-state index contributed by atoms with van der Waals surface area (Å²) < 4.78 is 73.0. The predicted octanol–water partition coefficient (Wildman–Crippen LogP) is 4.18. The highest BCUT2D eigenvalue weighted by atomic mass is 19.4. The molecule has 0 spiro atoms. The third-order valence-electron chi connectivity index (χ3n) is 3.54. The summed E-state index contributed by atoms with van der Waals surface area (Å²) in [4.78, 5) is 11.1. The Balaban J connectivity index is 1.79. The maximum Gasteiger partial charge on any atom is 0.573 e. The molecule has 0 aromatic heterocycles. The van der Waals surface area contributed by atoms with E-state index in [1.54, 1.807) is 0 Å². The second-order valence-corrected chi connectivity index (χ2v) is 5.72. The Morgan fingerprint density at radius 1 is 1.11 bits per heavy atom. The van der Waals surface area contributed by atoms with Crippen LogP contribution >= 0.6 is 0 Å². The van der Waals surface area contributed by atoms with Crippen LogP contribution in [0.4, 0.5) is 27.7 Å². The van der Waals surface area contributed by atoms with E-state index in [1.165, 1.54) is 24.3 Å². The number of rotatable bonds is 9. The van der Waals surface area contributed by atoms with E-state index >= 15 is 0 Å². The van der Waals surface area contributed by atoms with E-state index in [1.807, 2.05) is 0 Å². The number of amides is 1. The number of carbonyl (C=O) groups excluding carboxylic acids is 1. The first-order valence-electron chi connectivity index (χ1n) is 8.10. The van der Waals surface area contributed by atoms with Crippen molar-refractivity contribution in [3.63, 3.8) is 0 Å². The van der Waals surface area contributed by atoms with E-state index in [2.05, 4.69) is 4.74 Å². The zero-order valence-electron chi connectivity index (χ0n) is 14.5. The highest BCUT2D eigenvalue weighted by molar-refractivity contribution is 5.93. The second kappa shape index (κ2) is 9.25. The smallest absolute Gasteiger partial charge is 0.491 e. The monoisotopic (exact) mass is 404 g/mol. The lowest BCUT2D eigenvalue weighted by molar-refractivity contribution is -0.274. The fourth-order valence-corrected chi connectivity index (χ4v) is 2.20. The van der Waals surface area contributed by atoms with Gasteiger partial charge in [0, 0.05) is 12.0 Å². The molecule has 1 atom stereocenters. The molecular formula is C18H17F5N2O3. The zero-order chi connectivity index (χ0) is 20.7. The molecule has 0 bridgehead atoms. The van der Waals surface area contributed by atoms with Crippen molar-refractivity contribution in [2.75, 3.05) is 18.3 Å². The van der Waals surface area contributed by atoms with Gasteiger partial charge in [0.15, 0.2) is 0 Å². The summed E-state index contributed by atoms with van der Waals surface area (Å²) in [5, 5.41) is 0.206. The van der Waals surface area contributed by atoms with Crippen molar-refractivity contribution in [1.29, 1.82) is 0 Å². The zero-order valence-corrected chi connectivity index (χ0v) is 14.5. The molecule has 28 heavy (non-hydrogen) atoms. The lowest BCUT2D eigenvalue weighted by atomic mass is 10.2. The molecule has 0 aliphatic heterocycles. The Bertz CT molecular complexity index is 784. The molecule has 10 heteroatoms. The number of hydrogen-bond donors (Lipinski definition) is 1. The Morgan fingerprint density at radius 2 is 1.79 bits per heavy atom. The molecule has 2 rings (SSSR count). The van der Waals surface area contributed by atoms with Gasteiger partial charge in [-0.05, 0) is 42.5 Å². The van der Waals surface area contributed by atoms with Crippen LogP contribution in [0.15, 0.2) is 48.5 Å². The third kappa shape index (κ3) is 6.93. The lowest BCUT2D eigenvalue weighted by Crippen LogP contribution is -2.21. The molecule has 2 aromatic rings. The van der Waals surface area contributed by atoms with Gasteiger partial charge in [0.05, 0.1) is 12.2 Å². The average Bonchev–Trinajstić information content (AvgIpc) is 2.64. The van der Waals surface area contributed by atoms with Gasteiger partial charge in [0.2, 0.25) is 5.91 Å². The molecule has 1 amide bonds. The number of ether oxygens (including phenoxy) is 2. The number of anilines is 1. The van der Waals surface area contributed by atoms with Crippen molar-refractivity contribution in [3.8, 4) is 11.5 Å². The first-order chi connectivity index (χ1) is 13.1. The topological polar surface area (TPSA) is 64.8 Å². The predicted molar refractivity (Wildman–Crippen MR) is 91.5 cm³/mol. The van der Waals surface area contributed by atoms with Crippen LogP contribution in [0, 0.1) is 0 Å². The summed E-state index contributed by atoms with van der Waals surface area (Å²) in [6.45, 7) is -0.709. The summed E-state index contributed by atoms with van der Waals surface area (Å²) in [7, 11) is 0. The van der Waals surface area contributed by atoms with Crippen molar-refractivity contribution in [3.05, 3.63) is 54.1 Å². The number of benzene rings is 2. The normalized spacial score (nSPS) is 12.3. The second-order valence-electron chi connectivity index (χ2n) is 5.72. The molecule has 0 radical (unpaired) electrons. The molecule has 1 unspecified atom stereocenters. The quantitative estimate of drug-likeness (QED) is 0.503. The molecule has 5 nitrogen and oxygen atoms in total. The van der Waals surface area contributed by atoms with Gasteiger partial charge in [-0.15, -0.1) is 13.2 Å². The van der Waals surface area contributed by atoms with Gasteiger partial charge in [-0.2, -0.15) is 0 Å². The largest absolute Gasteiger partial charge is 0.573 e. The minimum absolute atomic E-state index is 0.0446. The van der Waals surface area contributed by atoms with Gasteiger partial charge in [-0.25, -0.2) is 9.51 Å². The van der Waals surface area contributed by atoms with Crippen LogP contribution in [0.25, 0.3) is 0 Å². The van der Waals surface area contributed by atoms with Crippen molar-refractivity contribution >= 4 is 11.6 Å². The van der Waals surface area contributed by atoms with Crippen LogP contribution in [-0.2, 0) is 0 Å². The maximum atomic E-state index is 14.0. The number of nitrogens with zero attached hydrogens (tertiary/aromatic N) is 1. The number of alkyl halides is 4. The van der Waals surface area contributed by atoms with Gasteiger partial charge < -0.3 is 15.2 Å². The molecule has 2 N–H and O–H groups in total. The van der Waals surface area contributed by atoms with E-state index in [0.29, 0.717) is 0 Å². The van der Waals surface area contributed by atoms with Crippen LogP contribution < -0.4 is 20.3 Å². The van der Waals surface area contributed by atoms with Crippen LogP contribution in [0.3, 0.4) is 0 Å². The minimum atomic E-state index is -4.84. The molecule has 0 aliphatic carbocycles. The summed E-state index contributed by atoms with van der Waals surface area (Å²) in [5.41, 5.74) is 5.30. The summed E-state index contributed by atoms with van der Waals surface area (Å²) in [6.07, 6.45) is -6.58. The molecule has 0 saturated heterocycles. The van der Waals surface area contributed by atoms with E-state index in [0.717, 1.165) is 24.3 Å². The van der Waals surface area contributed by atoms with Crippen molar-refractivity contribution in [2.24, 2.45) is 5.73 Å². The van der Waals surface area contributed by atoms with Gasteiger partial charge in [0.25, 0.3) is 0 Å². The molecular weight excluding hydrogens is 387 g/mol. The van der Waals surface area contributed by atoms with E-state index < -0.39 is 24.2 Å². The molecule has 0 saturated carbocycles. The summed E-state index contributed by atoms with van der Waals surface area (Å²) in [5.74, 6) is -0.891.